The molecule has 17 heavy (non-hydrogen) atoms. The van der Waals surface area contributed by atoms with E-state index in [1.165, 1.54) is 15.8 Å². The van der Waals surface area contributed by atoms with Gasteiger partial charge in [-0.15, -0.1) is 10.2 Å². The number of anilines is 1. The summed E-state index contributed by atoms with van der Waals surface area (Å²) in [6.07, 6.45) is 1.01. The molecule has 88 valence electrons. The van der Waals surface area contributed by atoms with E-state index >= 15 is 0 Å². The molecule has 0 spiro atoms. The van der Waals surface area contributed by atoms with Crippen LogP contribution in [0.4, 0.5) is 5.95 Å². The van der Waals surface area contributed by atoms with E-state index in [0.717, 1.165) is 13.0 Å². The fourth-order valence-corrected chi connectivity index (χ4v) is 2.25. The molecule has 6 nitrogen and oxygen atoms in total. The van der Waals surface area contributed by atoms with Gasteiger partial charge in [0, 0.05) is 6.54 Å². The minimum atomic E-state index is -0.0326. The molecule has 1 aliphatic rings. The molecule has 0 saturated carbocycles. The van der Waals surface area contributed by atoms with E-state index in [0.29, 0.717) is 5.82 Å². The van der Waals surface area contributed by atoms with Crippen molar-refractivity contribution in [1.29, 1.82) is 0 Å². The Morgan fingerprint density at radius 1 is 1.29 bits per heavy atom. The van der Waals surface area contributed by atoms with Crippen LogP contribution in [0.2, 0.25) is 0 Å². The Kier molecular flexibility index (Phi) is 2.22. The summed E-state index contributed by atoms with van der Waals surface area (Å²) in [6.45, 7) is 0.897. The largest absolute Gasteiger partial charge is 0.366 e. The van der Waals surface area contributed by atoms with Gasteiger partial charge in [-0.3, -0.25) is 0 Å². The van der Waals surface area contributed by atoms with Crippen LogP contribution in [-0.4, -0.2) is 21.4 Å². The fraction of sp³-hybridized carbons (Fsp3) is 0.273. The summed E-state index contributed by atoms with van der Waals surface area (Å²) < 4.78 is 1.33. The highest BCUT2D eigenvalue weighted by Crippen LogP contribution is 2.27. The first-order valence-corrected chi connectivity index (χ1v) is 5.54. The maximum absolute atomic E-state index is 5.82. The van der Waals surface area contributed by atoms with Crippen LogP contribution in [-0.2, 0) is 6.42 Å². The van der Waals surface area contributed by atoms with Crippen LogP contribution < -0.4 is 16.9 Å². The van der Waals surface area contributed by atoms with Crippen LogP contribution in [0.3, 0.4) is 0 Å². The Labute approximate surface area is 98.6 Å². The van der Waals surface area contributed by atoms with Crippen molar-refractivity contribution in [2.75, 3.05) is 18.1 Å². The van der Waals surface area contributed by atoms with Gasteiger partial charge in [0.2, 0.25) is 5.95 Å². The number of fused-ring (bicyclic) bond motifs is 1. The van der Waals surface area contributed by atoms with Crippen molar-refractivity contribution in [2.24, 2.45) is 0 Å². The second-order valence-electron chi connectivity index (χ2n) is 4.12. The van der Waals surface area contributed by atoms with Gasteiger partial charge in [-0.25, -0.2) is 4.68 Å². The lowest BCUT2D eigenvalue weighted by Crippen LogP contribution is -2.34. The third-order valence-electron chi connectivity index (χ3n) is 3.12. The maximum Gasteiger partial charge on any atom is 0.240 e. The first-order chi connectivity index (χ1) is 8.27. The molecule has 1 aliphatic heterocycles. The molecule has 6 heteroatoms. The lowest BCUT2D eigenvalue weighted by Gasteiger charge is -2.25. The summed E-state index contributed by atoms with van der Waals surface area (Å²) in [4.78, 5) is 0. The first-order valence-electron chi connectivity index (χ1n) is 5.54. The van der Waals surface area contributed by atoms with Gasteiger partial charge in [-0.2, -0.15) is 0 Å². The summed E-state index contributed by atoms with van der Waals surface area (Å²) in [5, 5.41) is 11.2. The molecule has 2 aromatic rings. The van der Waals surface area contributed by atoms with Crippen molar-refractivity contribution in [1.82, 2.24) is 20.2 Å². The van der Waals surface area contributed by atoms with Crippen molar-refractivity contribution < 1.29 is 0 Å². The average Bonchev–Trinajstić information content (AvgIpc) is 2.69. The van der Waals surface area contributed by atoms with Crippen molar-refractivity contribution >= 4 is 5.95 Å². The van der Waals surface area contributed by atoms with Crippen LogP contribution in [0.15, 0.2) is 24.3 Å². The zero-order valence-corrected chi connectivity index (χ0v) is 9.30. The zero-order valence-electron chi connectivity index (χ0n) is 9.30. The second-order valence-corrected chi connectivity index (χ2v) is 4.12. The highest BCUT2D eigenvalue weighted by atomic mass is 15.5. The molecule has 1 atom stereocenters. The van der Waals surface area contributed by atoms with Crippen LogP contribution in [0, 0.1) is 0 Å². The topological polar surface area (TPSA) is 94.8 Å². The van der Waals surface area contributed by atoms with Gasteiger partial charge in [0.25, 0.3) is 0 Å². The number of nitrogens with one attached hydrogen (secondary N) is 1. The highest BCUT2D eigenvalue weighted by Gasteiger charge is 2.25. The Morgan fingerprint density at radius 2 is 2.12 bits per heavy atom. The summed E-state index contributed by atoms with van der Waals surface area (Å²) in [5.41, 5.74) is 8.11. The van der Waals surface area contributed by atoms with E-state index in [4.69, 9.17) is 11.6 Å². The predicted octanol–water partition coefficient (Wildman–Crippen LogP) is -0.191. The number of aromatic nitrogens is 3. The van der Waals surface area contributed by atoms with E-state index in [1.54, 1.807) is 0 Å². The number of benzene rings is 1. The van der Waals surface area contributed by atoms with Gasteiger partial charge in [0.15, 0.2) is 5.82 Å². The molecule has 0 radical (unpaired) electrons. The minimum Gasteiger partial charge on any atom is -0.366 e. The quantitative estimate of drug-likeness (QED) is 0.590. The molecule has 0 bridgehead atoms. The van der Waals surface area contributed by atoms with Crippen molar-refractivity contribution in [3.63, 3.8) is 0 Å². The normalized spacial score (nSPS) is 18.9. The lowest BCUT2D eigenvalue weighted by molar-refractivity contribution is 0.533. The first kappa shape index (κ1) is 10.1. The molecule has 3 rings (SSSR count). The Balaban J connectivity index is 2.09. The zero-order chi connectivity index (χ0) is 11.8. The molecule has 1 aromatic carbocycles. The van der Waals surface area contributed by atoms with E-state index in [-0.39, 0.29) is 12.0 Å². The van der Waals surface area contributed by atoms with Crippen molar-refractivity contribution in [3.05, 3.63) is 41.2 Å². The monoisotopic (exact) mass is 230 g/mol. The summed E-state index contributed by atoms with van der Waals surface area (Å²) >= 11 is 0. The number of nitrogen functional groups attached to an aromatic ring is 2. The molecule has 0 fully saturated rings. The number of rotatable bonds is 1. The lowest BCUT2D eigenvalue weighted by atomic mass is 9.94. The molecule has 0 aliphatic carbocycles. The summed E-state index contributed by atoms with van der Waals surface area (Å²) in [5.74, 6) is 6.69. The van der Waals surface area contributed by atoms with E-state index in [2.05, 4.69) is 27.6 Å². The van der Waals surface area contributed by atoms with Crippen LogP contribution in [0.1, 0.15) is 23.0 Å². The molecular weight excluding hydrogens is 216 g/mol. The number of nitrogens with zero attached hydrogens (tertiary/aromatic N) is 3. The third-order valence-corrected chi connectivity index (χ3v) is 3.12. The van der Waals surface area contributed by atoms with Gasteiger partial charge < -0.3 is 16.9 Å². The van der Waals surface area contributed by atoms with Crippen molar-refractivity contribution in [2.45, 2.75) is 12.5 Å². The van der Waals surface area contributed by atoms with Crippen LogP contribution >= 0.6 is 0 Å². The molecule has 5 N–H and O–H groups in total. The molecule has 0 amide bonds. The molecule has 1 unspecified atom stereocenters. The maximum atomic E-state index is 5.82. The smallest absolute Gasteiger partial charge is 0.240 e. The number of hydrogen-bond donors (Lipinski definition) is 3. The number of hydrogen-bond acceptors (Lipinski definition) is 5. The summed E-state index contributed by atoms with van der Waals surface area (Å²) in [7, 11) is 0. The average molecular weight is 230 g/mol. The predicted molar refractivity (Wildman–Crippen MR) is 64.6 cm³/mol. The van der Waals surface area contributed by atoms with E-state index in [9.17, 15) is 0 Å². The van der Waals surface area contributed by atoms with Gasteiger partial charge in [-0.1, -0.05) is 24.3 Å². The molecule has 2 heterocycles. The Hall–Kier alpha value is -2.08. The second kappa shape index (κ2) is 3.74. The molecule has 1 aromatic heterocycles. The van der Waals surface area contributed by atoms with E-state index in [1.807, 2.05) is 12.1 Å². The Bertz CT molecular complexity index is 547. The molecule has 0 saturated heterocycles. The van der Waals surface area contributed by atoms with Crippen LogP contribution in [0.25, 0.3) is 0 Å². The minimum absolute atomic E-state index is 0.0326. The van der Waals surface area contributed by atoms with Gasteiger partial charge in [-0.05, 0) is 17.5 Å². The van der Waals surface area contributed by atoms with Gasteiger partial charge in [0.05, 0.1) is 6.04 Å². The SMILES string of the molecule is Nc1nnc(C2NCCc3ccccc32)n1N. The highest BCUT2D eigenvalue weighted by molar-refractivity contribution is 5.37. The number of nitrogens with two attached hydrogens (primary N) is 2. The van der Waals surface area contributed by atoms with Crippen LogP contribution in [0.5, 0.6) is 0 Å². The van der Waals surface area contributed by atoms with Gasteiger partial charge >= 0.3 is 0 Å². The fourth-order valence-electron chi connectivity index (χ4n) is 2.25. The summed E-state index contributed by atoms with van der Waals surface area (Å²) in [6, 6.07) is 8.23. The van der Waals surface area contributed by atoms with Crippen molar-refractivity contribution in [3.8, 4) is 0 Å². The van der Waals surface area contributed by atoms with Gasteiger partial charge in [0.1, 0.15) is 0 Å². The molecular formula is C11H14N6. The van der Waals surface area contributed by atoms with E-state index < -0.39 is 0 Å². The standard InChI is InChI=1S/C11H14N6/c12-11-16-15-10(17(11)13)9-8-4-2-1-3-7(8)5-6-14-9/h1-4,9,14H,5-6,13H2,(H2,12,16). The third kappa shape index (κ3) is 1.53. The Morgan fingerprint density at radius 3 is 2.88 bits per heavy atom.